The summed E-state index contributed by atoms with van der Waals surface area (Å²) in [5.41, 5.74) is 4.22. The van der Waals surface area contributed by atoms with Crippen LogP contribution >= 0.6 is 0 Å². The second-order valence-electron chi connectivity index (χ2n) is 3.61. The highest BCUT2D eigenvalue weighted by Gasteiger charge is 2.04. The Morgan fingerprint density at radius 1 is 1.00 bits per heavy atom. The molecule has 76 valence electrons. The van der Waals surface area contributed by atoms with Crippen LogP contribution < -0.4 is 0 Å². The van der Waals surface area contributed by atoms with Crippen molar-refractivity contribution in [1.82, 2.24) is 4.98 Å². The molecule has 0 bridgehead atoms. The first-order valence-electron chi connectivity index (χ1n) is 4.86. The molecule has 0 saturated heterocycles. The third-order valence-electron chi connectivity index (χ3n) is 2.59. The Morgan fingerprint density at radius 2 is 1.67 bits per heavy atom. The first-order valence-corrected chi connectivity index (χ1v) is 4.86. The molecule has 0 aliphatic carbocycles. The molecule has 0 saturated carbocycles. The van der Waals surface area contributed by atoms with E-state index in [0.717, 1.165) is 16.8 Å². The predicted octanol–water partition coefficient (Wildman–Crippen LogP) is 3.50. The van der Waals surface area contributed by atoms with Crippen molar-refractivity contribution < 1.29 is 4.39 Å². The van der Waals surface area contributed by atoms with Gasteiger partial charge < -0.3 is 0 Å². The van der Waals surface area contributed by atoms with Gasteiger partial charge in [-0.05, 0) is 55.3 Å². The van der Waals surface area contributed by atoms with Crippen molar-refractivity contribution in [1.29, 1.82) is 0 Å². The van der Waals surface area contributed by atoms with Crippen LogP contribution in [0.25, 0.3) is 11.3 Å². The molecule has 1 aromatic carbocycles. The summed E-state index contributed by atoms with van der Waals surface area (Å²) in [4.78, 5) is 4.32. The molecule has 0 radical (unpaired) electrons. The number of aromatic nitrogens is 1. The monoisotopic (exact) mass is 201 g/mol. The highest BCUT2D eigenvalue weighted by molar-refractivity contribution is 5.63. The Hall–Kier alpha value is -1.70. The van der Waals surface area contributed by atoms with Gasteiger partial charge in [0.05, 0.1) is 5.69 Å². The number of rotatable bonds is 1. The minimum atomic E-state index is -0.218. The van der Waals surface area contributed by atoms with Gasteiger partial charge in [0.1, 0.15) is 5.82 Å². The molecule has 0 unspecified atom stereocenters. The summed E-state index contributed by atoms with van der Waals surface area (Å²) >= 11 is 0. The van der Waals surface area contributed by atoms with Gasteiger partial charge >= 0.3 is 0 Å². The number of nitrogens with zero attached hydrogens (tertiary/aromatic N) is 1. The number of aryl methyl sites for hydroxylation is 1. The van der Waals surface area contributed by atoms with Gasteiger partial charge in [-0.1, -0.05) is 0 Å². The van der Waals surface area contributed by atoms with Crippen LogP contribution in [0, 0.1) is 19.7 Å². The second-order valence-corrected chi connectivity index (χ2v) is 3.61. The van der Waals surface area contributed by atoms with E-state index in [1.54, 1.807) is 18.3 Å². The first kappa shape index (κ1) is 9.84. The van der Waals surface area contributed by atoms with E-state index in [9.17, 15) is 4.39 Å². The Balaban J connectivity index is 2.54. The van der Waals surface area contributed by atoms with E-state index in [4.69, 9.17) is 0 Å². The zero-order valence-electron chi connectivity index (χ0n) is 8.79. The predicted molar refractivity (Wildman–Crippen MR) is 59.1 cm³/mol. The van der Waals surface area contributed by atoms with Crippen LogP contribution in [0.2, 0.25) is 0 Å². The van der Waals surface area contributed by atoms with Crippen LogP contribution in [0.1, 0.15) is 11.1 Å². The van der Waals surface area contributed by atoms with Crippen molar-refractivity contribution in [3.8, 4) is 11.3 Å². The molecular formula is C13H12FN. The van der Waals surface area contributed by atoms with Crippen LogP contribution in [0.4, 0.5) is 4.39 Å². The Labute approximate surface area is 88.6 Å². The van der Waals surface area contributed by atoms with E-state index in [0.29, 0.717) is 0 Å². The fourth-order valence-electron chi connectivity index (χ4n) is 1.53. The molecule has 1 nitrogen and oxygen atoms in total. The van der Waals surface area contributed by atoms with Gasteiger partial charge in [0, 0.05) is 11.8 Å². The van der Waals surface area contributed by atoms with Crippen molar-refractivity contribution >= 4 is 0 Å². The average molecular weight is 201 g/mol. The largest absolute Gasteiger partial charge is 0.256 e. The molecule has 0 aliphatic rings. The molecule has 1 heterocycles. The number of hydrogen-bond acceptors (Lipinski definition) is 1. The van der Waals surface area contributed by atoms with Gasteiger partial charge in [-0.3, -0.25) is 4.98 Å². The maximum absolute atomic E-state index is 12.8. The fraction of sp³-hybridized carbons (Fsp3) is 0.154. The molecule has 2 heteroatoms. The lowest BCUT2D eigenvalue weighted by Gasteiger charge is -2.06. The van der Waals surface area contributed by atoms with Gasteiger partial charge in [0.15, 0.2) is 0 Å². The zero-order valence-corrected chi connectivity index (χ0v) is 8.79. The van der Waals surface area contributed by atoms with E-state index in [-0.39, 0.29) is 5.82 Å². The quantitative estimate of drug-likeness (QED) is 0.688. The Bertz CT molecular complexity index is 474. The summed E-state index contributed by atoms with van der Waals surface area (Å²) in [7, 11) is 0. The third-order valence-corrected chi connectivity index (χ3v) is 2.59. The van der Waals surface area contributed by atoms with Gasteiger partial charge in [-0.15, -0.1) is 0 Å². The number of hydrogen-bond donors (Lipinski definition) is 0. The van der Waals surface area contributed by atoms with Gasteiger partial charge in [-0.2, -0.15) is 0 Å². The van der Waals surface area contributed by atoms with Crippen molar-refractivity contribution in [2.24, 2.45) is 0 Å². The minimum absolute atomic E-state index is 0.218. The van der Waals surface area contributed by atoms with Crippen LogP contribution in [-0.2, 0) is 0 Å². The molecule has 0 aliphatic heterocycles. The van der Waals surface area contributed by atoms with E-state index in [1.165, 1.54) is 17.7 Å². The lowest BCUT2D eigenvalue weighted by molar-refractivity contribution is 0.628. The zero-order chi connectivity index (χ0) is 10.8. The van der Waals surface area contributed by atoms with E-state index in [2.05, 4.69) is 4.98 Å². The summed E-state index contributed by atoms with van der Waals surface area (Å²) in [5, 5.41) is 0. The molecule has 0 amide bonds. The maximum Gasteiger partial charge on any atom is 0.123 e. The standard InChI is InChI=1S/C13H12FN/c1-9-7-8-15-13(10(9)2)11-3-5-12(14)6-4-11/h3-8H,1-2H3. The SMILES string of the molecule is Cc1ccnc(-c2ccc(F)cc2)c1C. The lowest BCUT2D eigenvalue weighted by atomic mass is 10.0. The smallest absolute Gasteiger partial charge is 0.123 e. The molecule has 2 aromatic rings. The van der Waals surface area contributed by atoms with Gasteiger partial charge in [-0.25, -0.2) is 4.39 Å². The number of pyridine rings is 1. The molecule has 0 N–H and O–H groups in total. The van der Waals surface area contributed by atoms with Crippen molar-refractivity contribution in [3.63, 3.8) is 0 Å². The summed E-state index contributed by atoms with van der Waals surface area (Å²) in [5.74, 6) is -0.218. The minimum Gasteiger partial charge on any atom is -0.256 e. The molecule has 0 fully saturated rings. The van der Waals surface area contributed by atoms with Gasteiger partial charge in [0.2, 0.25) is 0 Å². The highest BCUT2D eigenvalue weighted by Crippen LogP contribution is 2.22. The van der Waals surface area contributed by atoms with Gasteiger partial charge in [0.25, 0.3) is 0 Å². The summed E-state index contributed by atoms with van der Waals surface area (Å²) < 4.78 is 12.8. The number of benzene rings is 1. The molecule has 0 spiro atoms. The molecular weight excluding hydrogens is 189 g/mol. The first-order chi connectivity index (χ1) is 7.18. The summed E-state index contributed by atoms with van der Waals surface area (Å²) in [6.45, 7) is 4.07. The Morgan fingerprint density at radius 3 is 2.33 bits per heavy atom. The second kappa shape index (κ2) is 3.81. The lowest BCUT2D eigenvalue weighted by Crippen LogP contribution is -1.90. The maximum atomic E-state index is 12.8. The van der Waals surface area contributed by atoms with Crippen molar-refractivity contribution in [2.45, 2.75) is 13.8 Å². The molecule has 1 aromatic heterocycles. The summed E-state index contributed by atoms with van der Waals surface area (Å²) in [6, 6.07) is 8.40. The van der Waals surface area contributed by atoms with Crippen LogP contribution in [-0.4, -0.2) is 4.98 Å². The topological polar surface area (TPSA) is 12.9 Å². The molecule has 0 atom stereocenters. The van der Waals surface area contributed by atoms with E-state index < -0.39 is 0 Å². The van der Waals surface area contributed by atoms with Crippen LogP contribution in [0.5, 0.6) is 0 Å². The molecule has 15 heavy (non-hydrogen) atoms. The average Bonchev–Trinajstić information content (AvgIpc) is 2.24. The van der Waals surface area contributed by atoms with E-state index in [1.807, 2.05) is 19.9 Å². The van der Waals surface area contributed by atoms with Crippen LogP contribution in [0.3, 0.4) is 0 Å². The van der Waals surface area contributed by atoms with Crippen molar-refractivity contribution in [3.05, 3.63) is 53.5 Å². The highest BCUT2D eigenvalue weighted by atomic mass is 19.1. The third kappa shape index (κ3) is 1.89. The summed E-state index contributed by atoms with van der Waals surface area (Å²) in [6.07, 6.45) is 1.78. The number of halogens is 1. The van der Waals surface area contributed by atoms with Crippen molar-refractivity contribution in [2.75, 3.05) is 0 Å². The normalized spacial score (nSPS) is 10.3. The van der Waals surface area contributed by atoms with E-state index >= 15 is 0 Å². The Kier molecular flexibility index (Phi) is 2.50. The fourth-order valence-corrected chi connectivity index (χ4v) is 1.53. The molecule has 2 rings (SSSR count). The van der Waals surface area contributed by atoms with Crippen LogP contribution in [0.15, 0.2) is 36.5 Å².